The monoisotopic (exact) mass is 237 g/mol. The first kappa shape index (κ1) is 9.75. The van der Waals surface area contributed by atoms with Crippen LogP contribution in [0, 0.1) is 0 Å². The molecule has 4 rings (SSSR count). The van der Waals surface area contributed by atoms with Gasteiger partial charge in [-0.25, -0.2) is 0 Å². The zero-order valence-electron chi connectivity index (χ0n) is 9.64. The lowest BCUT2D eigenvalue weighted by molar-refractivity contribution is 0.1000. The average molecular weight is 237 g/mol. The van der Waals surface area contributed by atoms with Gasteiger partial charge in [0.15, 0.2) is 0 Å². The summed E-state index contributed by atoms with van der Waals surface area (Å²) in [6.45, 7) is 0. The molecule has 1 aliphatic heterocycles. The number of nitrogens with two attached hydrogens (primary N) is 1. The van der Waals surface area contributed by atoms with E-state index in [0.717, 1.165) is 12.2 Å². The fourth-order valence-corrected chi connectivity index (χ4v) is 3.30. The topological polar surface area (TPSA) is 52.3 Å². The Bertz CT molecular complexity index is 678. The van der Waals surface area contributed by atoms with E-state index in [1.165, 1.54) is 16.7 Å². The first-order valence-corrected chi connectivity index (χ1v) is 6.01. The van der Waals surface area contributed by atoms with E-state index in [1.807, 2.05) is 18.2 Å². The molecule has 3 nitrogen and oxygen atoms in total. The van der Waals surface area contributed by atoms with Gasteiger partial charge in [0.2, 0.25) is 5.91 Å². The van der Waals surface area contributed by atoms with Gasteiger partial charge in [-0.2, -0.15) is 0 Å². The second kappa shape index (κ2) is 3.15. The lowest BCUT2D eigenvalue weighted by atomic mass is 9.88. The minimum atomic E-state index is -0.370. The van der Waals surface area contributed by atoms with E-state index >= 15 is 0 Å². The summed E-state index contributed by atoms with van der Waals surface area (Å²) in [6, 6.07) is 5.74. The van der Waals surface area contributed by atoms with Crippen LogP contribution in [0.3, 0.4) is 0 Å². The van der Waals surface area contributed by atoms with Crippen LogP contribution in [0.25, 0.3) is 0 Å². The Labute approximate surface area is 104 Å². The van der Waals surface area contributed by atoms with Crippen molar-refractivity contribution in [3.05, 3.63) is 64.3 Å². The Balaban J connectivity index is 1.88. The molecule has 1 aromatic rings. The summed E-state index contributed by atoms with van der Waals surface area (Å²) >= 11 is 0. The van der Waals surface area contributed by atoms with Crippen LogP contribution in [-0.4, -0.2) is 5.91 Å². The summed E-state index contributed by atoms with van der Waals surface area (Å²) in [5, 5.41) is 0. The van der Waals surface area contributed by atoms with Crippen LogP contribution in [0.1, 0.15) is 39.7 Å². The van der Waals surface area contributed by atoms with Crippen LogP contribution in [0.5, 0.6) is 0 Å². The number of fused-ring (bicyclic) bond motifs is 7. The predicted molar refractivity (Wildman–Crippen MR) is 65.8 cm³/mol. The Kier molecular flexibility index (Phi) is 1.71. The van der Waals surface area contributed by atoms with E-state index in [9.17, 15) is 4.79 Å². The number of primary amides is 1. The van der Waals surface area contributed by atoms with Gasteiger partial charge in [0.1, 0.15) is 12.0 Å². The average Bonchev–Trinajstić information content (AvgIpc) is 2.95. The first-order valence-electron chi connectivity index (χ1n) is 6.01. The van der Waals surface area contributed by atoms with Crippen LogP contribution in [0.2, 0.25) is 0 Å². The summed E-state index contributed by atoms with van der Waals surface area (Å²) in [5.41, 5.74) is 12.6. The molecule has 2 unspecified atom stereocenters. The van der Waals surface area contributed by atoms with Crippen molar-refractivity contribution in [2.45, 2.75) is 18.3 Å². The smallest absolute Gasteiger partial charge is 0.248 e. The van der Waals surface area contributed by atoms with E-state index in [4.69, 9.17) is 10.5 Å². The Morgan fingerprint density at radius 1 is 1.33 bits per heavy atom. The first-order chi connectivity index (χ1) is 8.75. The molecule has 1 heterocycles. The fourth-order valence-electron chi connectivity index (χ4n) is 3.30. The standard InChI is InChI=1S/C15H11NO2/c16-15(17)8-3-4-9-11(6-8)12-7-13(9)14-10(12)2-1-5-18-14/h2-6,12-13H,7H2,(H2,16,17). The van der Waals surface area contributed by atoms with Crippen molar-refractivity contribution in [2.75, 3.05) is 0 Å². The maximum atomic E-state index is 11.3. The van der Waals surface area contributed by atoms with Gasteiger partial charge in [-0.3, -0.25) is 4.79 Å². The Morgan fingerprint density at radius 2 is 2.22 bits per heavy atom. The quantitative estimate of drug-likeness (QED) is 0.762. The molecule has 88 valence electrons. The maximum absolute atomic E-state index is 11.3. The largest absolute Gasteiger partial charge is 0.460 e. The van der Waals surface area contributed by atoms with Crippen LogP contribution >= 0.6 is 0 Å². The van der Waals surface area contributed by atoms with Gasteiger partial charge in [-0.15, -0.1) is 0 Å². The lowest BCUT2D eigenvalue weighted by Crippen LogP contribution is -2.13. The number of hydrogen-bond donors (Lipinski definition) is 1. The molecule has 18 heavy (non-hydrogen) atoms. The summed E-state index contributed by atoms with van der Waals surface area (Å²) in [6.07, 6.45) is 4.63. The fraction of sp³-hybridized carbons (Fsp3) is 0.200. The summed E-state index contributed by atoms with van der Waals surface area (Å²) < 4.78 is 5.59. The molecule has 1 amide bonds. The van der Waals surface area contributed by atoms with Crippen molar-refractivity contribution < 1.29 is 9.53 Å². The van der Waals surface area contributed by atoms with E-state index in [0.29, 0.717) is 17.4 Å². The number of allylic oxidation sites excluding steroid dienone is 3. The highest BCUT2D eigenvalue weighted by Crippen LogP contribution is 2.57. The van der Waals surface area contributed by atoms with Crippen LogP contribution < -0.4 is 5.73 Å². The number of carbonyl (C=O) groups excluding carboxylic acids is 1. The Hall–Kier alpha value is -2.25. The van der Waals surface area contributed by atoms with Crippen molar-refractivity contribution in [2.24, 2.45) is 5.73 Å². The zero-order chi connectivity index (χ0) is 12.3. The highest BCUT2D eigenvalue weighted by atomic mass is 16.5. The van der Waals surface area contributed by atoms with Gasteiger partial charge < -0.3 is 10.5 Å². The molecule has 3 heteroatoms. The molecule has 1 aromatic carbocycles. The van der Waals surface area contributed by atoms with Gasteiger partial charge in [0.05, 0.1) is 0 Å². The highest BCUT2D eigenvalue weighted by molar-refractivity contribution is 5.93. The van der Waals surface area contributed by atoms with Crippen molar-refractivity contribution in [3.8, 4) is 0 Å². The van der Waals surface area contributed by atoms with E-state index < -0.39 is 0 Å². The van der Waals surface area contributed by atoms with Crippen LogP contribution in [-0.2, 0) is 4.74 Å². The number of ether oxygens (including phenoxy) is 1. The summed E-state index contributed by atoms with van der Waals surface area (Å²) in [7, 11) is 0. The minimum Gasteiger partial charge on any atom is -0.460 e. The van der Waals surface area contributed by atoms with E-state index in [-0.39, 0.29) is 5.91 Å². The third-order valence-corrected chi connectivity index (χ3v) is 4.06. The number of amides is 1. The SMILES string of the molecule is NC(=O)c1ccc2c(c1)C1CC2C2=C1C=C=CO2. The summed E-state index contributed by atoms with van der Waals surface area (Å²) in [4.78, 5) is 11.3. The molecule has 0 saturated carbocycles. The molecule has 0 aromatic heterocycles. The Morgan fingerprint density at radius 3 is 3.06 bits per heavy atom. The normalized spacial score (nSPS) is 26.0. The molecule has 2 aliphatic carbocycles. The number of hydrogen-bond acceptors (Lipinski definition) is 2. The molecule has 0 fully saturated rings. The van der Waals surface area contributed by atoms with Crippen molar-refractivity contribution in [1.82, 2.24) is 0 Å². The third kappa shape index (κ3) is 1.07. The van der Waals surface area contributed by atoms with E-state index in [1.54, 1.807) is 12.3 Å². The van der Waals surface area contributed by atoms with Gasteiger partial charge in [-0.1, -0.05) is 11.8 Å². The number of benzene rings is 1. The summed E-state index contributed by atoms with van der Waals surface area (Å²) in [5.74, 6) is 1.35. The molecule has 0 radical (unpaired) electrons. The maximum Gasteiger partial charge on any atom is 0.248 e. The molecule has 0 spiro atoms. The molecule has 3 aliphatic rings. The van der Waals surface area contributed by atoms with Gasteiger partial charge in [0.25, 0.3) is 0 Å². The van der Waals surface area contributed by atoms with Crippen molar-refractivity contribution in [3.63, 3.8) is 0 Å². The second-order valence-corrected chi connectivity index (χ2v) is 4.92. The second-order valence-electron chi connectivity index (χ2n) is 4.92. The van der Waals surface area contributed by atoms with Crippen LogP contribution in [0.15, 0.2) is 47.6 Å². The molecule has 2 bridgehead atoms. The predicted octanol–water partition coefficient (Wildman–Crippen LogP) is 2.32. The molecule has 2 atom stereocenters. The van der Waals surface area contributed by atoms with Gasteiger partial charge in [-0.05, 0) is 35.8 Å². The highest BCUT2D eigenvalue weighted by Gasteiger charge is 2.44. The lowest BCUT2D eigenvalue weighted by Gasteiger charge is -2.21. The van der Waals surface area contributed by atoms with E-state index in [2.05, 4.69) is 5.73 Å². The van der Waals surface area contributed by atoms with Gasteiger partial charge in [0, 0.05) is 23.0 Å². The molecule has 0 saturated heterocycles. The third-order valence-electron chi connectivity index (χ3n) is 4.06. The molecular weight excluding hydrogens is 226 g/mol. The number of carbonyl (C=O) groups is 1. The minimum absolute atomic E-state index is 0.330. The van der Waals surface area contributed by atoms with Crippen molar-refractivity contribution in [1.29, 1.82) is 0 Å². The zero-order valence-corrected chi connectivity index (χ0v) is 9.64. The molecular formula is C15H11NO2. The number of rotatable bonds is 1. The van der Waals surface area contributed by atoms with Crippen molar-refractivity contribution >= 4 is 5.91 Å². The van der Waals surface area contributed by atoms with Crippen LogP contribution in [0.4, 0.5) is 0 Å². The molecule has 2 N–H and O–H groups in total. The van der Waals surface area contributed by atoms with Gasteiger partial charge >= 0.3 is 0 Å².